The molecule has 0 N–H and O–H groups in total. The molecular weight excluding hydrogens is 574 g/mol. The smallest absolute Gasteiger partial charge is 0.164 e. The molecule has 0 spiro atoms. The molecule has 0 radical (unpaired) electrons. The Balaban J connectivity index is 1.33. The number of rotatable bonds is 5. The topological polar surface area (TPSA) is 51.8 Å². The van der Waals surface area contributed by atoms with Gasteiger partial charge in [-0.2, -0.15) is 0 Å². The van der Waals surface area contributed by atoms with E-state index in [9.17, 15) is 0 Å². The first-order chi connectivity index (χ1) is 23.3. The van der Waals surface area contributed by atoms with E-state index >= 15 is 0 Å². The lowest BCUT2D eigenvalue weighted by Gasteiger charge is -2.14. The van der Waals surface area contributed by atoms with Crippen molar-refractivity contribution in [2.45, 2.75) is 0 Å². The van der Waals surface area contributed by atoms with E-state index in [0.717, 1.165) is 66.3 Å². The molecule has 4 nitrogen and oxygen atoms in total. The number of aromatic nitrogens is 3. The van der Waals surface area contributed by atoms with Crippen molar-refractivity contribution in [3.63, 3.8) is 0 Å². The summed E-state index contributed by atoms with van der Waals surface area (Å²) < 4.78 is 6.77. The highest BCUT2D eigenvalue weighted by molar-refractivity contribution is 6.19. The van der Waals surface area contributed by atoms with Crippen LogP contribution in [0.3, 0.4) is 0 Å². The van der Waals surface area contributed by atoms with E-state index in [0.29, 0.717) is 17.5 Å². The second kappa shape index (κ2) is 11.2. The van der Waals surface area contributed by atoms with Gasteiger partial charge in [0, 0.05) is 33.0 Å². The first-order valence-electron chi connectivity index (χ1n) is 15.7. The van der Waals surface area contributed by atoms with Crippen LogP contribution >= 0.6 is 0 Å². The SMILES string of the molecule is c1ccc(-c2nc(-c3ccccc3)nc(-c3ccccc3-c3ccc(-c4ccccc4)c4oc5cc6ccccc6cc5c34)n2)cc1. The maximum atomic E-state index is 6.77. The van der Waals surface area contributed by atoms with Gasteiger partial charge in [0.05, 0.1) is 0 Å². The Bertz CT molecular complexity index is 2500. The summed E-state index contributed by atoms with van der Waals surface area (Å²) in [6, 6.07) is 56.2. The van der Waals surface area contributed by atoms with E-state index in [1.807, 2.05) is 72.8 Å². The van der Waals surface area contributed by atoms with Gasteiger partial charge in [-0.25, -0.2) is 15.0 Å². The predicted molar refractivity (Wildman–Crippen MR) is 192 cm³/mol. The summed E-state index contributed by atoms with van der Waals surface area (Å²) in [4.78, 5) is 15.1. The normalized spacial score (nSPS) is 11.4. The summed E-state index contributed by atoms with van der Waals surface area (Å²) in [6.45, 7) is 0. The summed E-state index contributed by atoms with van der Waals surface area (Å²) in [5.74, 6) is 1.88. The van der Waals surface area contributed by atoms with Crippen LogP contribution in [0, 0.1) is 0 Å². The van der Waals surface area contributed by atoms with Crippen molar-refractivity contribution < 1.29 is 4.42 Å². The zero-order valence-electron chi connectivity index (χ0n) is 25.3. The van der Waals surface area contributed by atoms with E-state index in [-0.39, 0.29) is 0 Å². The molecule has 9 aromatic rings. The summed E-state index contributed by atoms with van der Waals surface area (Å²) in [5, 5.41) is 4.46. The Morgan fingerprint density at radius 2 is 0.851 bits per heavy atom. The number of hydrogen-bond donors (Lipinski definition) is 0. The van der Waals surface area contributed by atoms with Gasteiger partial charge in [0.2, 0.25) is 0 Å². The van der Waals surface area contributed by atoms with Crippen molar-refractivity contribution in [3.05, 3.63) is 164 Å². The first kappa shape index (κ1) is 27.0. The monoisotopic (exact) mass is 601 g/mol. The molecule has 4 heteroatoms. The lowest BCUT2D eigenvalue weighted by atomic mass is 9.91. The van der Waals surface area contributed by atoms with Crippen LogP contribution in [0.4, 0.5) is 0 Å². The quantitative estimate of drug-likeness (QED) is 0.197. The molecule has 2 aromatic heterocycles. The molecule has 2 heterocycles. The largest absolute Gasteiger partial charge is 0.455 e. The van der Waals surface area contributed by atoms with E-state index in [1.165, 1.54) is 5.39 Å². The molecule has 0 saturated heterocycles. The fraction of sp³-hybridized carbons (Fsp3) is 0. The summed E-state index contributed by atoms with van der Waals surface area (Å²) in [6.07, 6.45) is 0. The molecular formula is C43H27N3O. The lowest BCUT2D eigenvalue weighted by Crippen LogP contribution is -2.01. The molecule has 0 amide bonds. The van der Waals surface area contributed by atoms with Crippen LogP contribution in [-0.2, 0) is 0 Å². The van der Waals surface area contributed by atoms with Crippen LogP contribution in [0.25, 0.3) is 89.1 Å². The fourth-order valence-corrected chi connectivity index (χ4v) is 6.48. The Labute approximate surface area is 271 Å². The zero-order chi connectivity index (χ0) is 31.2. The Morgan fingerprint density at radius 3 is 1.49 bits per heavy atom. The maximum absolute atomic E-state index is 6.77. The highest BCUT2D eigenvalue weighted by Crippen LogP contribution is 2.44. The van der Waals surface area contributed by atoms with Crippen molar-refractivity contribution >= 4 is 32.7 Å². The number of fused-ring (bicyclic) bond motifs is 4. The van der Waals surface area contributed by atoms with Gasteiger partial charge in [0.1, 0.15) is 11.2 Å². The van der Waals surface area contributed by atoms with E-state index in [1.54, 1.807) is 0 Å². The van der Waals surface area contributed by atoms with Crippen LogP contribution in [0.1, 0.15) is 0 Å². The van der Waals surface area contributed by atoms with E-state index < -0.39 is 0 Å². The number of benzene rings is 7. The van der Waals surface area contributed by atoms with E-state index in [2.05, 4.69) is 91.0 Å². The van der Waals surface area contributed by atoms with Crippen LogP contribution in [0.15, 0.2) is 168 Å². The van der Waals surface area contributed by atoms with Crippen LogP contribution in [-0.4, -0.2) is 15.0 Å². The second-order valence-electron chi connectivity index (χ2n) is 11.6. The van der Waals surface area contributed by atoms with Crippen LogP contribution in [0.2, 0.25) is 0 Å². The molecule has 0 saturated carbocycles. The summed E-state index contributed by atoms with van der Waals surface area (Å²) in [5.41, 5.74) is 8.77. The number of nitrogens with zero attached hydrogens (tertiary/aromatic N) is 3. The van der Waals surface area contributed by atoms with Gasteiger partial charge in [-0.05, 0) is 45.7 Å². The molecule has 0 fully saturated rings. The molecule has 47 heavy (non-hydrogen) atoms. The predicted octanol–water partition coefficient (Wildman–Crippen LogP) is 11.3. The Kier molecular flexibility index (Phi) is 6.43. The van der Waals surface area contributed by atoms with E-state index in [4.69, 9.17) is 19.4 Å². The summed E-state index contributed by atoms with van der Waals surface area (Å²) >= 11 is 0. The molecule has 220 valence electrons. The molecule has 0 aliphatic rings. The summed E-state index contributed by atoms with van der Waals surface area (Å²) in [7, 11) is 0. The molecule has 0 atom stereocenters. The van der Waals surface area contributed by atoms with Gasteiger partial charge in [-0.3, -0.25) is 0 Å². The van der Waals surface area contributed by atoms with Crippen molar-refractivity contribution in [2.24, 2.45) is 0 Å². The standard InChI is InChI=1S/C43H27N3O/c1-4-14-28(15-5-1)33-24-25-35(39-37-26-31-20-10-11-21-32(31)27-38(37)47-40(33)39)34-22-12-13-23-36(34)43-45-41(29-16-6-2-7-17-29)44-42(46-43)30-18-8-3-9-19-30/h1-27H. The average molecular weight is 602 g/mol. The van der Waals surface area contributed by atoms with Crippen LogP contribution in [0.5, 0.6) is 0 Å². The highest BCUT2D eigenvalue weighted by Gasteiger charge is 2.21. The molecule has 0 aliphatic heterocycles. The lowest BCUT2D eigenvalue weighted by molar-refractivity contribution is 0.670. The average Bonchev–Trinajstić information content (AvgIpc) is 3.53. The minimum atomic E-state index is 0.617. The van der Waals surface area contributed by atoms with Gasteiger partial charge in [-0.15, -0.1) is 0 Å². The third-order valence-electron chi connectivity index (χ3n) is 8.73. The molecule has 9 rings (SSSR count). The van der Waals surface area contributed by atoms with Gasteiger partial charge in [0.25, 0.3) is 0 Å². The molecule has 0 bridgehead atoms. The van der Waals surface area contributed by atoms with Crippen molar-refractivity contribution in [1.82, 2.24) is 15.0 Å². The third-order valence-corrected chi connectivity index (χ3v) is 8.73. The minimum absolute atomic E-state index is 0.617. The highest BCUT2D eigenvalue weighted by atomic mass is 16.3. The maximum Gasteiger partial charge on any atom is 0.164 e. The zero-order valence-corrected chi connectivity index (χ0v) is 25.3. The second-order valence-corrected chi connectivity index (χ2v) is 11.6. The van der Waals surface area contributed by atoms with Crippen molar-refractivity contribution in [1.29, 1.82) is 0 Å². The third kappa shape index (κ3) is 4.75. The fourth-order valence-electron chi connectivity index (χ4n) is 6.48. The van der Waals surface area contributed by atoms with Gasteiger partial charge < -0.3 is 4.42 Å². The molecule has 0 unspecified atom stereocenters. The molecule has 7 aromatic carbocycles. The number of furan rings is 1. The van der Waals surface area contributed by atoms with Gasteiger partial charge in [0.15, 0.2) is 17.5 Å². The number of hydrogen-bond acceptors (Lipinski definition) is 4. The molecule has 0 aliphatic carbocycles. The van der Waals surface area contributed by atoms with Crippen molar-refractivity contribution in [2.75, 3.05) is 0 Å². The Hall–Kier alpha value is -6.39. The van der Waals surface area contributed by atoms with Crippen LogP contribution < -0.4 is 0 Å². The van der Waals surface area contributed by atoms with Crippen molar-refractivity contribution in [3.8, 4) is 56.4 Å². The first-order valence-corrected chi connectivity index (χ1v) is 15.7. The van der Waals surface area contributed by atoms with Gasteiger partial charge in [-0.1, -0.05) is 146 Å². The van der Waals surface area contributed by atoms with Gasteiger partial charge >= 0.3 is 0 Å². The minimum Gasteiger partial charge on any atom is -0.455 e. The Morgan fingerprint density at radius 1 is 0.362 bits per heavy atom.